The summed E-state index contributed by atoms with van der Waals surface area (Å²) in [6, 6.07) is 0. The molecular weight excluding hydrogens is 1030 g/mol. The van der Waals surface area contributed by atoms with E-state index in [2.05, 4.69) is 62.5 Å². The third-order valence-electron chi connectivity index (χ3n) is 15.6. The first kappa shape index (κ1) is 79.0. The molecule has 0 spiro atoms. The van der Waals surface area contributed by atoms with Crippen molar-refractivity contribution in [3.8, 4) is 0 Å². The molecule has 0 heterocycles. The van der Waals surface area contributed by atoms with Crippen LogP contribution in [0.5, 0.6) is 0 Å². The molecule has 476 valence electrons. The lowest BCUT2D eigenvalue weighted by Crippen LogP contribution is -2.37. The van der Waals surface area contributed by atoms with E-state index in [0.717, 1.165) is 64.2 Å². The van der Waals surface area contributed by atoms with E-state index in [1.165, 1.54) is 244 Å². The zero-order chi connectivity index (χ0) is 59.1. The minimum atomic E-state index is -4.39. The van der Waals surface area contributed by atoms with Gasteiger partial charge >= 0.3 is 19.8 Å². The second kappa shape index (κ2) is 62.5. The normalized spacial score (nSPS) is 13.4. The zero-order valence-corrected chi connectivity index (χ0v) is 55.2. The number of rotatable bonds is 65. The summed E-state index contributed by atoms with van der Waals surface area (Å²) in [5.41, 5.74) is 0. The van der Waals surface area contributed by atoms with Crippen LogP contribution in [0.3, 0.4) is 0 Å². The van der Waals surface area contributed by atoms with Crippen LogP contribution in [0, 0.1) is 0 Å². The highest BCUT2D eigenvalue weighted by Gasteiger charge is 2.27. The number of likely N-dealkylation sites (N-methyl/N-ethyl adjacent to an activating group) is 1. The minimum Gasteiger partial charge on any atom is -0.462 e. The average Bonchev–Trinajstić information content (AvgIpc) is 3.43. The van der Waals surface area contributed by atoms with Crippen LogP contribution in [-0.2, 0) is 32.7 Å². The molecule has 0 aromatic carbocycles. The molecule has 0 aliphatic carbocycles. The Balaban J connectivity index is 3.86. The number of unbranched alkanes of at least 4 members (excludes halogenated alkanes) is 43. The molecular formula is C71H135NO8P+. The number of allylic oxidation sites excluding steroid dienone is 8. The van der Waals surface area contributed by atoms with Crippen LogP contribution in [0.15, 0.2) is 48.6 Å². The summed E-state index contributed by atoms with van der Waals surface area (Å²) < 4.78 is 34.6. The van der Waals surface area contributed by atoms with Gasteiger partial charge in [-0.3, -0.25) is 18.6 Å². The summed E-state index contributed by atoms with van der Waals surface area (Å²) >= 11 is 0. The first-order chi connectivity index (χ1) is 39.5. The number of carbonyl (C=O) groups is 2. The summed E-state index contributed by atoms with van der Waals surface area (Å²) in [4.78, 5) is 35.7. The van der Waals surface area contributed by atoms with E-state index in [-0.39, 0.29) is 32.0 Å². The van der Waals surface area contributed by atoms with E-state index in [0.29, 0.717) is 17.4 Å². The van der Waals surface area contributed by atoms with Gasteiger partial charge in [0.25, 0.3) is 0 Å². The number of esters is 2. The molecule has 2 atom stereocenters. The van der Waals surface area contributed by atoms with Crippen molar-refractivity contribution < 1.29 is 42.1 Å². The Morgan fingerprint density at radius 3 is 0.988 bits per heavy atom. The topological polar surface area (TPSA) is 108 Å². The van der Waals surface area contributed by atoms with E-state index in [9.17, 15) is 19.0 Å². The molecule has 0 aromatic rings. The van der Waals surface area contributed by atoms with Gasteiger partial charge in [-0.1, -0.05) is 300 Å². The molecule has 0 fully saturated rings. The number of hydrogen-bond acceptors (Lipinski definition) is 7. The quantitative estimate of drug-likeness (QED) is 0.0211. The molecule has 0 aliphatic heterocycles. The van der Waals surface area contributed by atoms with Crippen LogP contribution >= 0.6 is 7.82 Å². The molecule has 1 N–H and O–H groups in total. The van der Waals surface area contributed by atoms with Crippen LogP contribution in [0.25, 0.3) is 0 Å². The average molecular weight is 1160 g/mol. The summed E-state index contributed by atoms with van der Waals surface area (Å²) in [7, 11) is 1.48. The van der Waals surface area contributed by atoms with Gasteiger partial charge in [0.05, 0.1) is 27.7 Å². The van der Waals surface area contributed by atoms with E-state index < -0.39 is 26.5 Å². The zero-order valence-electron chi connectivity index (χ0n) is 54.3. The van der Waals surface area contributed by atoms with Gasteiger partial charge in [-0.15, -0.1) is 0 Å². The van der Waals surface area contributed by atoms with Gasteiger partial charge < -0.3 is 18.9 Å². The van der Waals surface area contributed by atoms with Crippen LogP contribution in [-0.4, -0.2) is 74.9 Å². The van der Waals surface area contributed by atoms with Crippen molar-refractivity contribution in [3.63, 3.8) is 0 Å². The number of ether oxygens (including phenoxy) is 2. The van der Waals surface area contributed by atoms with E-state index in [1.807, 2.05) is 21.1 Å². The van der Waals surface area contributed by atoms with Crippen LogP contribution in [0.2, 0.25) is 0 Å². The maximum atomic E-state index is 12.8. The lowest BCUT2D eigenvalue weighted by atomic mass is 10.0. The Hall–Kier alpha value is -2.03. The van der Waals surface area contributed by atoms with Gasteiger partial charge in [0.1, 0.15) is 19.8 Å². The lowest BCUT2D eigenvalue weighted by Gasteiger charge is -2.24. The molecule has 9 nitrogen and oxygen atoms in total. The first-order valence-corrected chi connectivity index (χ1v) is 36.4. The van der Waals surface area contributed by atoms with E-state index in [1.54, 1.807) is 0 Å². The van der Waals surface area contributed by atoms with Gasteiger partial charge in [-0.05, 0) is 77.0 Å². The molecule has 0 aromatic heterocycles. The van der Waals surface area contributed by atoms with Crippen LogP contribution in [0.4, 0.5) is 0 Å². The Morgan fingerprint density at radius 2 is 0.667 bits per heavy atom. The van der Waals surface area contributed by atoms with Crippen LogP contribution in [0.1, 0.15) is 341 Å². The standard InChI is InChI=1S/C71H134NO8P/c1-6-8-10-12-14-16-18-20-22-24-25-26-27-28-29-30-31-32-33-34-35-36-37-38-39-40-41-42-43-44-45-46-47-48-50-52-54-56-58-60-62-64-71(74)80-69(68-79-81(75,76)78-66-65-72(3,4)5)67-77-70(73)63-61-59-57-55-53-51-49-23-21-19-17-15-13-11-9-7-2/h17-20,23-25,49,69H,6-16,21-22,26-48,50-68H2,1-5H3/p+1/b19-17-,20-18-,25-24-,49-23-. The fraction of sp³-hybridized carbons (Fsp3) is 0.859. The second-order valence-electron chi connectivity index (χ2n) is 24.9. The van der Waals surface area contributed by atoms with Gasteiger partial charge in [0, 0.05) is 12.8 Å². The second-order valence-corrected chi connectivity index (χ2v) is 26.4. The van der Waals surface area contributed by atoms with Gasteiger partial charge in [0.15, 0.2) is 6.10 Å². The number of hydrogen-bond donors (Lipinski definition) is 1. The van der Waals surface area contributed by atoms with Crippen molar-refractivity contribution in [2.75, 3.05) is 47.5 Å². The largest absolute Gasteiger partial charge is 0.472 e. The van der Waals surface area contributed by atoms with Crippen molar-refractivity contribution in [3.05, 3.63) is 48.6 Å². The summed E-state index contributed by atoms with van der Waals surface area (Å²) in [6.07, 6.45) is 81.0. The monoisotopic (exact) mass is 1160 g/mol. The van der Waals surface area contributed by atoms with Gasteiger partial charge in [-0.25, -0.2) is 4.57 Å². The fourth-order valence-corrected chi connectivity index (χ4v) is 10.9. The lowest BCUT2D eigenvalue weighted by molar-refractivity contribution is -0.870. The highest BCUT2D eigenvalue weighted by Crippen LogP contribution is 2.43. The van der Waals surface area contributed by atoms with Crippen molar-refractivity contribution in [1.29, 1.82) is 0 Å². The van der Waals surface area contributed by atoms with Crippen molar-refractivity contribution in [2.24, 2.45) is 0 Å². The smallest absolute Gasteiger partial charge is 0.462 e. The maximum Gasteiger partial charge on any atom is 0.472 e. The Labute approximate surface area is 503 Å². The van der Waals surface area contributed by atoms with Crippen LogP contribution < -0.4 is 0 Å². The number of quaternary nitrogens is 1. The van der Waals surface area contributed by atoms with E-state index >= 15 is 0 Å². The molecule has 0 bridgehead atoms. The number of phosphoric ester groups is 1. The Bertz CT molecular complexity index is 1510. The molecule has 0 saturated carbocycles. The van der Waals surface area contributed by atoms with Crippen molar-refractivity contribution >= 4 is 19.8 Å². The molecule has 0 saturated heterocycles. The molecule has 2 unspecified atom stereocenters. The predicted octanol–water partition coefficient (Wildman–Crippen LogP) is 22.4. The summed E-state index contributed by atoms with van der Waals surface area (Å²) in [5, 5.41) is 0. The van der Waals surface area contributed by atoms with Gasteiger partial charge in [-0.2, -0.15) is 0 Å². The first-order valence-electron chi connectivity index (χ1n) is 34.9. The minimum absolute atomic E-state index is 0.0307. The highest BCUT2D eigenvalue weighted by molar-refractivity contribution is 7.47. The number of nitrogens with zero attached hydrogens (tertiary/aromatic N) is 1. The Morgan fingerprint density at radius 1 is 0.383 bits per heavy atom. The predicted molar refractivity (Wildman–Crippen MR) is 349 cm³/mol. The fourth-order valence-electron chi connectivity index (χ4n) is 10.2. The third-order valence-corrected chi connectivity index (χ3v) is 16.6. The van der Waals surface area contributed by atoms with Gasteiger partial charge in [0.2, 0.25) is 0 Å². The number of phosphoric acid groups is 1. The molecule has 0 rings (SSSR count). The molecule has 0 aliphatic rings. The molecule has 81 heavy (non-hydrogen) atoms. The van der Waals surface area contributed by atoms with E-state index in [4.69, 9.17) is 18.5 Å². The highest BCUT2D eigenvalue weighted by atomic mass is 31.2. The summed E-state index contributed by atoms with van der Waals surface area (Å²) in [6.45, 7) is 4.43. The van der Waals surface area contributed by atoms with Crippen molar-refractivity contribution in [2.45, 2.75) is 347 Å². The van der Waals surface area contributed by atoms with Crippen molar-refractivity contribution in [1.82, 2.24) is 0 Å². The molecule has 0 amide bonds. The maximum absolute atomic E-state index is 12.8. The third kappa shape index (κ3) is 67.0. The molecule has 0 radical (unpaired) electrons. The molecule has 10 heteroatoms. The summed E-state index contributed by atoms with van der Waals surface area (Å²) in [5.74, 6) is -0.799. The Kier molecular flexibility index (Phi) is 60.9. The number of carbonyl (C=O) groups excluding carboxylic acids is 2. The SMILES string of the molecule is CCCCCC/C=C\C/C=C\CCCCCCCC(=O)OCC(COP(=O)(O)OCC[N+](C)(C)C)OC(=O)CCCCCCCCCCCCCCCCCCCCCCCCCCCCCCC/C=C\C/C=C\CCCCCCC.